The van der Waals surface area contributed by atoms with Crippen LogP contribution in [0.5, 0.6) is 5.88 Å². The van der Waals surface area contributed by atoms with Crippen molar-refractivity contribution < 1.29 is 14.1 Å². The molecule has 0 unspecified atom stereocenters. The van der Waals surface area contributed by atoms with E-state index in [0.29, 0.717) is 30.6 Å². The van der Waals surface area contributed by atoms with E-state index in [4.69, 9.17) is 9.26 Å². The van der Waals surface area contributed by atoms with Crippen molar-refractivity contribution in [2.45, 2.75) is 31.3 Å². The van der Waals surface area contributed by atoms with Crippen LogP contribution in [0.25, 0.3) is 0 Å². The maximum atomic E-state index is 12.4. The van der Waals surface area contributed by atoms with Crippen molar-refractivity contribution in [3.8, 4) is 5.88 Å². The van der Waals surface area contributed by atoms with Gasteiger partial charge in [-0.2, -0.15) is 0 Å². The third-order valence-corrected chi connectivity index (χ3v) is 3.99. The molecule has 1 amide bonds. The van der Waals surface area contributed by atoms with Crippen LogP contribution in [0.4, 0.5) is 0 Å². The highest BCUT2D eigenvalue weighted by Gasteiger charge is 2.32. The molecule has 7 heteroatoms. The second kappa shape index (κ2) is 5.40. The van der Waals surface area contributed by atoms with Gasteiger partial charge >= 0.3 is 0 Å². The first-order valence-corrected chi connectivity index (χ1v) is 7.48. The standard InChI is InChI=1S/C15H16N4O3/c20-15(12-7-13(22-18-12)10-1-2-10)19-6-3-11(9-19)21-14-8-16-4-5-17-14/h4-5,7-8,10-11H,1-3,6,9H2/t11-/m0/s1. The van der Waals surface area contributed by atoms with E-state index in [1.54, 1.807) is 29.6 Å². The maximum Gasteiger partial charge on any atom is 0.276 e. The molecule has 4 rings (SSSR count). The van der Waals surface area contributed by atoms with E-state index in [1.165, 1.54) is 0 Å². The van der Waals surface area contributed by atoms with Crippen LogP contribution in [-0.4, -0.2) is 45.1 Å². The SMILES string of the molecule is O=C(c1cc(C2CC2)on1)N1CC[C@H](Oc2cnccn2)C1. The molecule has 7 nitrogen and oxygen atoms in total. The first kappa shape index (κ1) is 13.2. The van der Waals surface area contributed by atoms with Gasteiger partial charge in [0, 0.05) is 37.3 Å². The summed E-state index contributed by atoms with van der Waals surface area (Å²) in [6.07, 6.45) is 7.72. The monoisotopic (exact) mass is 300 g/mol. The van der Waals surface area contributed by atoms with Gasteiger partial charge in [0.05, 0.1) is 12.7 Å². The van der Waals surface area contributed by atoms with Gasteiger partial charge in [0.2, 0.25) is 5.88 Å². The predicted molar refractivity (Wildman–Crippen MR) is 75.4 cm³/mol. The molecule has 2 aliphatic rings. The molecule has 0 bridgehead atoms. The average molecular weight is 300 g/mol. The Morgan fingerprint density at radius 2 is 2.23 bits per heavy atom. The summed E-state index contributed by atoms with van der Waals surface area (Å²) in [5.74, 6) is 1.68. The quantitative estimate of drug-likeness (QED) is 0.853. The lowest BCUT2D eigenvalue weighted by molar-refractivity contribution is 0.0760. The van der Waals surface area contributed by atoms with Gasteiger partial charge in [-0.3, -0.25) is 9.78 Å². The Labute approximate surface area is 127 Å². The summed E-state index contributed by atoms with van der Waals surface area (Å²) < 4.78 is 11.0. The summed E-state index contributed by atoms with van der Waals surface area (Å²) in [5.41, 5.74) is 0.391. The summed E-state index contributed by atoms with van der Waals surface area (Å²) in [6.45, 7) is 1.18. The predicted octanol–water partition coefficient (Wildman–Crippen LogP) is 1.64. The smallest absolute Gasteiger partial charge is 0.276 e. The van der Waals surface area contributed by atoms with Crippen molar-refractivity contribution >= 4 is 5.91 Å². The van der Waals surface area contributed by atoms with Gasteiger partial charge in [-0.25, -0.2) is 4.98 Å². The Balaban J connectivity index is 1.38. The molecule has 0 N–H and O–H groups in total. The molecule has 0 radical (unpaired) electrons. The van der Waals surface area contributed by atoms with Crippen molar-refractivity contribution in [2.75, 3.05) is 13.1 Å². The molecule has 1 saturated heterocycles. The van der Waals surface area contributed by atoms with Gasteiger partial charge in [-0.15, -0.1) is 0 Å². The van der Waals surface area contributed by atoms with Crippen molar-refractivity contribution in [3.63, 3.8) is 0 Å². The molecule has 2 fully saturated rings. The molecular formula is C15H16N4O3. The molecule has 0 spiro atoms. The minimum Gasteiger partial charge on any atom is -0.471 e. The molecule has 22 heavy (non-hydrogen) atoms. The lowest BCUT2D eigenvalue weighted by atomic mass is 10.2. The zero-order chi connectivity index (χ0) is 14.9. The molecule has 1 atom stereocenters. The Morgan fingerprint density at radius 1 is 1.32 bits per heavy atom. The second-order valence-electron chi connectivity index (χ2n) is 5.71. The summed E-state index contributed by atoms with van der Waals surface area (Å²) in [5, 5.41) is 3.90. The molecule has 1 aliphatic heterocycles. The number of nitrogens with zero attached hydrogens (tertiary/aromatic N) is 4. The number of hydrogen-bond acceptors (Lipinski definition) is 6. The topological polar surface area (TPSA) is 81.4 Å². The molecular weight excluding hydrogens is 284 g/mol. The van der Waals surface area contributed by atoms with Gasteiger partial charge in [-0.1, -0.05) is 5.16 Å². The fraction of sp³-hybridized carbons (Fsp3) is 0.467. The van der Waals surface area contributed by atoms with E-state index >= 15 is 0 Å². The number of rotatable bonds is 4. The first-order valence-electron chi connectivity index (χ1n) is 7.48. The molecule has 0 aromatic carbocycles. The van der Waals surface area contributed by atoms with Crippen LogP contribution in [0.15, 0.2) is 29.2 Å². The maximum absolute atomic E-state index is 12.4. The van der Waals surface area contributed by atoms with E-state index in [9.17, 15) is 4.79 Å². The van der Waals surface area contributed by atoms with Crippen molar-refractivity contribution in [2.24, 2.45) is 0 Å². The first-order chi connectivity index (χ1) is 10.8. The van der Waals surface area contributed by atoms with Crippen LogP contribution >= 0.6 is 0 Å². The van der Waals surface area contributed by atoms with Crippen LogP contribution in [-0.2, 0) is 0 Å². The highest BCUT2D eigenvalue weighted by molar-refractivity contribution is 5.92. The Kier molecular flexibility index (Phi) is 3.25. The summed E-state index contributed by atoms with van der Waals surface area (Å²) in [4.78, 5) is 22.2. The number of carbonyl (C=O) groups is 1. The van der Waals surface area contributed by atoms with E-state index < -0.39 is 0 Å². The number of hydrogen-bond donors (Lipinski definition) is 0. The van der Waals surface area contributed by atoms with Gasteiger partial charge in [0.25, 0.3) is 5.91 Å². The fourth-order valence-corrected chi connectivity index (χ4v) is 2.64. The minimum atomic E-state index is -0.0964. The lowest BCUT2D eigenvalue weighted by Crippen LogP contribution is -2.31. The zero-order valence-electron chi connectivity index (χ0n) is 12.0. The molecule has 1 saturated carbocycles. The van der Waals surface area contributed by atoms with Crippen LogP contribution in [0.3, 0.4) is 0 Å². The number of carbonyl (C=O) groups excluding carboxylic acids is 1. The highest BCUT2D eigenvalue weighted by Crippen LogP contribution is 2.40. The molecule has 2 aromatic heterocycles. The number of amides is 1. The van der Waals surface area contributed by atoms with Crippen LogP contribution in [0.1, 0.15) is 41.4 Å². The summed E-state index contributed by atoms with van der Waals surface area (Å²) in [6, 6.07) is 1.77. The number of likely N-dealkylation sites (tertiary alicyclic amines) is 1. The molecule has 114 valence electrons. The average Bonchev–Trinajstić information content (AvgIpc) is 3.10. The molecule has 2 aromatic rings. The van der Waals surface area contributed by atoms with E-state index in [-0.39, 0.29) is 12.0 Å². The van der Waals surface area contributed by atoms with Gasteiger partial charge in [0.1, 0.15) is 11.9 Å². The normalized spacial score (nSPS) is 21.1. The van der Waals surface area contributed by atoms with Gasteiger partial charge in [-0.05, 0) is 12.8 Å². The number of aromatic nitrogens is 3. The van der Waals surface area contributed by atoms with Crippen molar-refractivity contribution in [1.82, 2.24) is 20.0 Å². The Hall–Kier alpha value is -2.44. The third-order valence-electron chi connectivity index (χ3n) is 3.99. The third kappa shape index (κ3) is 2.66. The number of ether oxygens (including phenoxy) is 1. The second-order valence-corrected chi connectivity index (χ2v) is 5.71. The van der Waals surface area contributed by atoms with E-state index in [1.807, 2.05) is 0 Å². The van der Waals surface area contributed by atoms with Gasteiger partial charge in [0.15, 0.2) is 5.69 Å². The van der Waals surface area contributed by atoms with Crippen LogP contribution < -0.4 is 4.74 Å². The van der Waals surface area contributed by atoms with Crippen molar-refractivity contribution in [1.29, 1.82) is 0 Å². The fourth-order valence-electron chi connectivity index (χ4n) is 2.64. The zero-order valence-corrected chi connectivity index (χ0v) is 12.0. The minimum absolute atomic E-state index is 0.0598. The summed E-state index contributed by atoms with van der Waals surface area (Å²) in [7, 11) is 0. The summed E-state index contributed by atoms with van der Waals surface area (Å²) >= 11 is 0. The molecule has 3 heterocycles. The lowest BCUT2D eigenvalue weighted by Gasteiger charge is -2.15. The Morgan fingerprint density at radius 3 is 3.00 bits per heavy atom. The van der Waals surface area contributed by atoms with Crippen molar-refractivity contribution in [3.05, 3.63) is 36.1 Å². The van der Waals surface area contributed by atoms with E-state index in [2.05, 4.69) is 15.1 Å². The van der Waals surface area contributed by atoms with Gasteiger partial charge < -0.3 is 14.2 Å². The Bertz CT molecular complexity index is 668. The van der Waals surface area contributed by atoms with E-state index in [0.717, 1.165) is 25.0 Å². The largest absolute Gasteiger partial charge is 0.471 e. The van der Waals surface area contributed by atoms with Crippen LogP contribution in [0, 0.1) is 0 Å². The highest BCUT2D eigenvalue weighted by atomic mass is 16.5. The van der Waals surface area contributed by atoms with Crippen LogP contribution in [0.2, 0.25) is 0 Å². The molecule has 1 aliphatic carbocycles.